The maximum atomic E-state index is 13.2. The average Bonchev–Trinajstić information content (AvgIpc) is 3.23. The van der Waals surface area contributed by atoms with Crippen LogP contribution < -0.4 is 5.32 Å². The third-order valence-corrected chi connectivity index (χ3v) is 6.40. The van der Waals surface area contributed by atoms with Crippen molar-refractivity contribution < 1.29 is 9.18 Å². The number of nitrogens with one attached hydrogen (secondary N) is 1. The summed E-state index contributed by atoms with van der Waals surface area (Å²) in [4.78, 5) is 16.6. The van der Waals surface area contributed by atoms with E-state index >= 15 is 0 Å². The summed E-state index contributed by atoms with van der Waals surface area (Å²) in [5.41, 5.74) is 1.64. The van der Waals surface area contributed by atoms with Gasteiger partial charge in [0.05, 0.1) is 16.3 Å². The van der Waals surface area contributed by atoms with E-state index < -0.39 is 0 Å². The SMILES string of the molecule is Cc1nn(-c2ccc(F)cc2)c2sc(C(=O)NCCN3CCCC(C)C3)cc12. The van der Waals surface area contributed by atoms with Crippen LogP contribution in [0.5, 0.6) is 0 Å². The number of rotatable bonds is 5. The Morgan fingerprint density at radius 2 is 2.14 bits per heavy atom. The lowest BCUT2D eigenvalue weighted by molar-refractivity contribution is 0.0948. The molecule has 1 amide bonds. The summed E-state index contributed by atoms with van der Waals surface area (Å²) in [5.74, 6) is 0.416. The van der Waals surface area contributed by atoms with E-state index in [0.29, 0.717) is 11.4 Å². The van der Waals surface area contributed by atoms with Crippen LogP contribution in [0.1, 0.15) is 35.1 Å². The van der Waals surface area contributed by atoms with Crippen LogP contribution in [0.4, 0.5) is 4.39 Å². The van der Waals surface area contributed by atoms with Gasteiger partial charge in [-0.3, -0.25) is 4.79 Å². The van der Waals surface area contributed by atoms with Crippen LogP contribution in [0.2, 0.25) is 0 Å². The van der Waals surface area contributed by atoms with E-state index in [1.165, 1.54) is 36.3 Å². The van der Waals surface area contributed by atoms with Gasteiger partial charge in [-0.15, -0.1) is 11.3 Å². The van der Waals surface area contributed by atoms with Gasteiger partial charge in [0.15, 0.2) is 0 Å². The predicted molar refractivity (Wildman–Crippen MR) is 111 cm³/mol. The van der Waals surface area contributed by atoms with Crippen molar-refractivity contribution in [3.8, 4) is 5.69 Å². The number of hydrogen-bond donors (Lipinski definition) is 1. The topological polar surface area (TPSA) is 50.2 Å². The standard InChI is InChI=1S/C21H25FN4OS/c1-14-4-3-10-25(13-14)11-9-23-20(27)19-12-18-15(2)24-26(21(18)28-19)17-7-5-16(22)6-8-17/h5-8,12,14H,3-4,9-11,13H2,1-2H3,(H,23,27). The highest BCUT2D eigenvalue weighted by atomic mass is 32.1. The highest BCUT2D eigenvalue weighted by molar-refractivity contribution is 7.20. The van der Waals surface area contributed by atoms with Crippen molar-refractivity contribution in [2.45, 2.75) is 26.7 Å². The highest BCUT2D eigenvalue weighted by Crippen LogP contribution is 2.30. The molecule has 0 bridgehead atoms. The Hall–Kier alpha value is -2.25. The molecule has 7 heteroatoms. The monoisotopic (exact) mass is 400 g/mol. The van der Waals surface area contributed by atoms with Crippen molar-refractivity contribution >= 4 is 27.5 Å². The zero-order valence-corrected chi connectivity index (χ0v) is 17.1. The van der Waals surface area contributed by atoms with Gasteiger partial charge < -0.3 is 10.2 Å². The number of nitrogens with zero attached hydrogens (tertiary/aromatic N) is 3. The second kappa shape index (κ2) is 8.01. The smallest absolute Gasteiger partial charge is 0.261 e. The molecule has 1 fully saturated rings. The van der Waals surface area contributed by atoms with Gasteiger partial charge >= 0.3 is 0 Å². The van der Waals surface area contributed by atoms with Gasteiger partial charge in [0.1, 0.15) is 10.6 Å². The first-order valence-electron chi connectivity index (χ1n) is 9.77. The maximum Gasteiger partial charge on any atom is 0.261 e. The molecular formula is C21H25FN4OS. The number of amides is 1. The third-order valence-electron chi connectivity index (χ3n) is 5.29. The molecule has 1 aliphatic heterocycles. The van der Waals surface area contributed by atoms with Crippen molar-refractivity contribution in [2.24, 2.45) is 5.92 Å². The van der Waals surface area contributed by atoms with Gasteiger partial charge in [-0.05, 0) is 62.6 Å². The van der Waals surface area contributed by atoms with E-state index in [-0.39, 0.29) is 11.7 Å². The minimum Gasteiger partial charge on any atom is -0.350 e. The average molecular weight is 401 g/mol. The first-order chi connectivity index (χ1) is 13.5. The fourth-order valence-corrected chi connectivity index (χ4v) is 4.92. The zero-order valence-electron chi connectivity index (χ0n) is 16.2. The molecule has 148 valence electrons. The Balaban J connectivity index is 1.46. The number of hydrogen-bond acceptors (Lipinski definition) is 4. The van der Waals surface area contributed by atoms with E-state index in [9.17, 15) is 9.18 Å². The molecule has 4 rings (SSSR count). The van der Waals surface area contributed by atoms with Crippen LogP contribution in [0, 0.1) is 18.7 Å². The van der Waals surface area contributed by atoms with Crippen LogP contribution in [-0.2, 0) is 0 Å². The number of carbonyl (C=O) groups is 1. The molecule has 1 saturated heterocycles. The van der Waals surface area contributed by atoms with E-state index in [1.54, 1.807) is 16.8 Å². The number of likely N-dealkylation sites (tertiary alicyclic amines) is 1. The van der Waals surface area contributed by atoms with Crippen molar-refractivity contribution in [1.82, 2.24) is 20.0 Å². The normalized spacial score (nSPS) is 17.9. The first-order valence-corrected chi connectivity index (χ1v) is 10.6. The summed E-state index contributed by atoms with van der Waals surface area (Å²) in [5, 5.41) is 8.56. The van der Waals surface area contributed by atoms with Gasteiger partial charge in [-0.1, -0.05) is 6.92 Å². The molecule has 1 atom stereocenters. The summed E-state index contributed by atoms with van der Waals surface area (Å²) < 4.78 is 15.0. The van der Waals surface area contributed by atoms with Crippen molar-refractivity contribution in [2.75, 3.05) is 26.2 Å². The van der Waals surface area contributed by atoms with E-state index in [0.717, 1.165) is 47.2 Å². The Labute approximate surface area is 168 Å². The molecule has 1 N–H and O–H groups in total. The van der Waals surface area contributed by atoms with Crippen LogP contribution in [-0.4, -0.2) is 46.8 Å². The molecule has 1 unspecified atom stereocenters. The minimum absolute atomic E-state index is 0.0451. The van der Waals surface area contributed by atoms with E-state index in [1.807, 2.05) is 13.0 Å². The zero-order chi connectivity index (χ0) is 19.7. The number of aryl methyl sites for hydroxylation is 1. The number of piperidine rings is 1. The molecule has 0 saturated carbocycles. The lowest BCUT2D eigenvalue weighted by Gasteiger charge is -2.30. The van der Waals surface area contributed by atoms with Crippen molar-refractivity contribution in [1.29, 1.82) is 0 Å². The molecule has 0 radical (unpaired) electrons. The lowest BCUT2D eigenvalue weighted by atomic mass is 10.0. The largest absolute Gasteiger partial charge is 0.350 e. The number of aromatic nitrogens is 2. The number of benzene rings is 1. The Kier molecular flexibility index (Phi) is 5.46. The predicted octanol–water partition coefficient (Wildman–Crippen LogP) is 4.00. The molecular weight excluding hydrogens is 375 g/mol. The van der Waals surface area contributed by atoms with Gasteiger partial charge in [-0.25, -0.2) is 9.07 Å². The second-order valence-corrected chi connectivity index (χ2v) is 8.64. The van der Waals surface area contributed by atoms with Gasteiger partial charge in [0.2, 0.25) is 0 Å². The summed E-state index contributed by atoms with van der Waals surface area (Å²) in [6, 6.07) is 8.13. The number of fused-ring (bicyclic) bond motifs is 1. The summed E-state index contributed by atoms with van der Waals surface area (Å²) in [7, 11) is 0. The van der Waals surface area contributed by atoms with Crippen LogP contribution in [0.25, 0.3) is 15.9 Å². The van der Waals surface area contributed by atoms with Gasteiger partial charge in [-0.2, -0.15) is 5.10 Å². The van der Waals surface area contributed by atoms with Gasteiger partial charge in [0.25, 0.3) is 5.91 Å². The fourth-order valence-electron chi connectivity index (χ4n) is 3.82. The summed E-state index contributed by atoms with van der Waals surface area (Å²) in [6.45, 7) is 8.00. The first kappa shape index (κ1) is 19.1. The minimum atomic E-state index is -0.279. The van der Waals surface area contributed by atoms with E-state index in [4.69, 9.17) is 0 Å². The third kappa shape index (κ3) is 3.95. The second-order valence-electron chi connectivity index (χ2n) is 7.61. The summed E-state index contributed by atoms with van der Waals surface area (Å²) in [6.07, 6.45) is 2.54. The molecule has 1 aromatic carbocycles. The Morgan fingerprint density at radius 1 is 1.36 bits per heavy atom. The molecule has 3 aromatic rings. The molecule has 2 aromatic heterocycles. The molecule has 5 nitrogen and oxygen atoms in total. The molecule has 1 aliphatic rings. The Bertz CT molecular complexity index is 978. The van der Waals surface area contributed by atoms with Crippen LogP contribution >= 0.6 is 11.3 Å². The molecule has 0 aliphatic carbocycles. The van der Waals surface area contributed by atoms with E-state index in [2.05, 4.69) is 22.2 Å². The quantitative estimate of drug-likeness (QED) is 0.704. The molecule has 3 heterocycles. The Morgan fingerprint density at radius 3 is 2.89 bits per heavy atom. The lowest BCUT2D eigenvalue weighted by Crippen LogP contribution is -2.40. The van der Waals surface area contributed by atoms with Crippen LogP contribution in [0.15, 0.2) is 30.3 Å². The molecule has 0 spiro atoms. The summed E-state index contributed by atoms with van der Waals surface area (Å²) >= 11 is 1.42. The maximum absolute atomic E-state index is 13.2. The van der Waals surface area contributed by atoms with Gasteiger partial charge in [0, 0.05) is 25.0 Å². The number of thiophene rings is 1. The van der Waals surface area contributed by atoms with Crippen molar-refractivity contribution in [3.05, 3.63) is 46.7 Å². The number of halogens is 1. The highest BCUT2D eigenvalue weighted by Gasteiger charge is 2.18. The fraction of sp³-hybridized carbons (Fsp3) is 0.429. The molecule has 28 heavy (non-hydrogen) atoms. The number of carbonyl (C=O) groups excluding carboxylic acids is 1. The van der Waals surface area contributed by atoms with Crippen LogP contribution in [0.3, 0.4) is 0 Å². The van der Waals surface area contributed by atoms with Crippen molar-refractivity contribution in [3.63, 3.8) is 0 Å².